The fourth-order valence-electron chi connectivity index (χ4n) is 3.27. The molecular formula is C24H21F3N6O. The molecule has 0 fully saturated rings. The number of alkyl halides is 3. The van der Waals surface area contributed by atoms with Crippen molar-refractivity contribution in [3.63, 3.8) is 0 Å². The molecule has 174 valence electrons. The summed E-state index contributed by atoms with van der Waals surface area (Å²) in [7, 11) is 0. The standard InChI is InChI=1S/C24H21F3N6O/c25-24(26,27)19-14-31-23(33-22(19)32-21(15-34)18-4-3-10-28-13-18)30-12-16-6-8-17(9-7-16)20-5-1-2-11-29-20/h1-11,13-14,21,34H,12,15H2,(H2,30,31,32,33)/t21-/m0/s1. The van der Waals surface area contributed by atoms with Gasteiger partial charge in [-0.15, -0.1) is 0 Å². The van der Waals surface area contributed by atoms with Crippen molar-refractivity contribution in [2.75, 3.05) is 17.2 Å². The lowest BCUT2D eigenvalue weighted by Gasteiger charge is -2.20. The Morgan fingerprint density at radius 3 is 2.38 bits per heavy atom. The van der Waals surface area contributed by atoms with Crippen molar-refractivity contribution in [1.29, 1.82) is 0 Å². The molecule has 3 N–H and O–H groups in total. The zero-order valence-corrected chi connectivity index (χ0v) is 17.9. The number of benzene rings is 1. The summed E-state index contributed by atoms with van der Waals surface area (Å²) in [5.41, 5.74) is 2.18. The number of nitrogens with one attached hydrogen (secondary N) is 2. The van der Waals surface area contributed by atoms with Crippen LogP contribution >= 0.6 is 0 Å². The van der Waals surface area contributed by atoms with Crippen LogP contribution in [0.3, 0.4) is 0 Å². The molecule has 0 aliphatic rings. The Morgan fingerprint density at radius 1 is 0.912 bits per heavy atom. The maximum Gasteiger partial charge on any atom is 0.421 e. The second-order valence-electron chi connectivity index (χ2n) is 7.38. The molecule has 3 heterocycles. The fraction of sp³-hybridized carbons (Fsp3) is 0.167. The summed E-state index contributed by atoms with van der Waals surface area (Å²) in [5, 5.41) is 15.4. The Labute approximate surface area is 193 Å². The number of aliphatic hydroxyl groups excluding tert-OH is 1. The molecular weight excluding hydrogens is 445 g/mol. The minimum absolute atomic E-state index is 0.0205. The molecule has 0 saturated heterocycles. The van der Waals surface area contributed by atoms with E-state index in [4.69, 9.17) is 0 Å². The molecule has 0 bridgehead atoms. The number of halogens is 3. The summed E-state index contributed by atoms with van der Waals surface area (Å²) in [6.45, 7) is -0.141. The summed E-state index contributed by atoms with van der Waals surface area (Å²) in [6.07, 6.45) is 0.773. The van der Waals surface area contributed by atoms with E-state index in [1.807, 2.05) is 42.5 Å². The van der Waals surface area contributed by atoms with Crippen LogP contribution in [0, 0.1) is 0 Å². The van der Waals surface area contributed by atoms with E-state index in [1.54, 1.807) is 18.3 Å². The van der Waals surface area contributed by atoms with Gasteiger partial charge in [-0.05, 0) is 29.3 Å². The third kappa shape index (κ3) is 5.65. The maximum atomic E-state index is 13.5. The minimum atomic E-state index is -4.67. The van der Waals surface area contributed by atoms with Gasteiger partial charge < -0.3 is 15.7 Å². The van der Waals surface area contributed by atoms with E-state index in [9.17, 15) is 18.3 Å². The summed E-state index contributed by atoms with van der Waals surface area (Å²) in [6, 6.07) is 15.7. The van der Waals surface area contributed by atoms with Gasteiger partial charge in [0.2, 0.25) is 5.95 Å². The van der Waals surface area contributed by atoms with Gasteiger partial charge in [0.1, 0.15) is 11.4 Å². The van der Waals surface area contributed by atoms with Gasteiger partial charge in [0, 0.05) is 36.9 Å². The number of hydrogen-bond donors (Lipinski definition) is 3. The lowest BCUT2D eigenvalue weighted by Crippen LogP contribution is -2.20. The second kappa shape index (κ2) is 10.3. The molecule has 0 aliphatic carbocycles. The van der Waals surface area contributed by atoms with Gasteiger partial charge in [-0.3, -0.25) is 9.97 Å². The smallest absolute Gasteiger partial charge is 0.394 e. The van der Waals surface area contributed by atoms with Crippen LogP contribution in [-0.2, 0) is 12.7 Å². The summed E-state index contributed by atoms with van der Waals surface area (Å²) < 4.78 is 40.6. The number of hydrogen-bond acceptors (Lipinski definition) is 7. The SMILES string of the molecule is OC[C@H](Nc1nc(NCc2ccc(-c3ccccn3)cc2)ncc1C(F)(F)F)c1cccnc1. The van der Waals surface area contributed by atoms with E-state index < -0.39 is 30.2 Å². The normalized spacial score (nSPS) is 12.2. The first-order chi connectivity index (χ1) is 16.4. The third-order valence-electron chi connectivity index (χ3n) is 5.04. The van der Waals surface area contributed by atoms with E-state index in [0.717, 1.165) is 23.0 Å². The van der Waals surface area contributed by atoms with Crippen molar-refractivity contribution in [2.24, 2.45) is 0 Å². The Kier molecular flexibility index (Phi) is 6.98. The van der Waals surface area contributed by atoms with Crippen LogP contribution in [0.25, 0.3) is 11.3 Å². The van der Waals surface area contributed by atoms with Gasteiger partial charge in [0.25, 0.3) is 0 Å². The summed E-state index contributed by atoms with van der Waals surface area (Å²) >= 11 is 0. The van der Waals surface area contributed by atoms with E-state index in [1.165, 1.54) is 12.4 Å². The second-order valence-corrected chi connectivity index (χ2v) is 7.38. The number of aliphatic hydroxyl groups is 1. The molecule has 0 radical (unpaired) electrons. The molecule has 4 aromatic rings. The first kappa shape index (κ1) is 23.1. The van der Waals surface area contributed by atoms with Gasteiger partial charge in [-0.25, -0.2) is 4.98 Å². The lowest BCUT2D eigenvalue weighted by molar-refractivity contribution is -0.137. The average molecular weight is 466 g/mol. The number of aromatic nitrogens is 4. The predicted octanol–water partition coefficient (Wildman–Crippen LogP) is 4.71. The van der Waals surface area contributed by atoms with Gasteiger partial charge in [0.05, 0.1) is 18.3 Å². The highest BCUT2D eigenvalue weighted by Crippen LogP contribution is 2.35. The van der Waals surface area contributed by atoms with Crippen LogP contribution in [0.4, 0.5) is 24.9 Å². The van der Waals surface area contributed by atoms with Crippen molar-refractivity contribution >= 4 is 11.8 Å². The van der Waals surface area contributed by atoms with E-state index in [-0.39, 0.29) is 5.95 Å². The largest absolute Gasteiger partial charge is 0.421 e. The van der Waals surface area contributed by atoms with Crippen molar-refractivity contribution in [1.82, 2.24) is 19.9 Å². The number of rotatable bonds is 8. The van der Waals surface area contributed by atoms with Crippen molar-refractivity contribution in [2.45, 2.75) is 18.8 Å². The minimum Gasteiger partial charge on any atom is -0.394 e. The number of anilines is 2. The molecule has 0 unspecified atom stereocenters. The Bertz CT molecular complexity index is 1210. The fourth-order valence-corrected chi connectivity index (χ4v) is 3.27. The molecule has 0 aliphatic heterocycles. The van der Waals surface area contributed by atoms with Crippen LogP contribution in [-0.4, -0.2) is 31.6 Å². The number of pyridine rings is 2. The molecule has 0 spiro atoms. The van der Waals surface area contributed by atoms with Gasteiger partial charge in [-0.2, -0.15) is 18.2 Å². The van der Waals surface area contributed by atoms with Crippen LogP contribution in [0.5, 0.6) is 0 Å². The van der Waals surface area contributed by atoms with Crippen LogP contribution < -0.4 is 10.6 Å². The molecule has 4 rings (SSSR count). The molecule has 1 aromatic carbocycles. The predicted molar refractivity (Wildman–Crippen MR) is 122 cm³/mol. The molecule has 0 saturated carbocycles. The monoisotopic (exact) mass is 466 g/mol. The lowest BCUT2D eigenvalue weighted by atomic mass is 10.1. The molecule has 7 nitrogen and oxygen atoms in total. The average Bonchev–Trinajstić information content (AvgIpc) is 2.87. The van der Waals surface area contributed by atoms with Gasteiger partial charge >= 0.3 is 6.18 Å². The highest BCUT2D eigenvalue weighted by molar-refractivity contribution is 5.59. The van der Waals surface area contributed by atoms with E-state index in [2.05, 4.69) is 30.6 Å². The Balaban J connectivity index is 1.51. The van der Waals surface area contributed by atoms with Crippen LogP contribution in [0.15, 0.2) is 79.4 Å². The van der Waals surface area contributed by atoms with Crippen molar-refractivity contribution in [3.05, 3.63) is 96.1 Å². The molecule has 3 aromatic heterocycles. The summed E-state index contributed by atoms with van der Waals surface area (Å²) in [5.74, 6) is -0.411. The molecule has 34 heavy (non-hydrogen) atoms. The van der Waals surface area contributed by atoms with Crippen LogP contribution in [0.2, 0.25) is 0 Å². The summed E-state index contributed by atoms with van der Waals surface area (Å²) in [4.78, 5) is 16.1. The van der Waals surface area contributed by atoms with Crippen molar-refractivity contribution in [3.8, 4) is 11.3 Å². The first-order valence-electron chi connectivity index (χ1n) is 10.4. The van der Waals surface area contributed by atoms with Gasteiger partial charge in [0.15, 0.2) is 0 Å². The Hall–Kier alpha value is -4.05. The zero-order chi connectivity index (χ0) is 24.0. The topological polar surface area (TPSA) is 95.8 Å². The highest BCUT2D eigenvalue weighted by Gasteiger charge is 2.36. The molecule has 0 amide bonds. The first-order valence-corrected chi connectivity index (χ1v) is 10.4. The van der Waals surface area contributed by atoms with Crippen LogP contribution in [0.1, 0.15) is 22.7 Å². The molecule has 1 atom stereocenters. The van der Waals surface area contributed by atoms with E-state index >= 15 is 0 Å². The quantitative estimate of drug-likeness (QED) is 0.346. The number of nitrogens with zero attached hydrogens (tertiary/aromatic N) is 4. The zero-order valence-electron chi connectivity index (χ0n) is 17.9. The highest BCUT2D eigenvalue weighted by atomic mass is 19.4. The Morgan fingerprint density at radius 2 is 1.74 bits per heavy atom. The molecule has 10 heteroatoms. The van der Waals surface area contributed by atoms with Gasteiger partial charge in [-0.1, -0.05) is 36.4 Å². The maximum absolute atomic E-state index is 13.5. The van der Waals surface area contributed by atoms with Crippen molar-refractivity contribution < 1.29 is 18.3 Å². The third-order valence-corrected chi connectivity index (χ3v) is 5.04. The van der Waals surface area contributed by atoms with E-state index in [0.29, 0.717) is 12.1 Å².